The molecule has 17 heavy (non-hydrogen) atoms. The number of rotatable bonds is 1. The van der Waals surface area contributed by atoms with Crippen LogP contribution < -0.4 is 0 Å². The molecule has 4 fully saturated rings. The number of hydrogen-bond acceptors (Lipinski definition) is 0. The molecule has 4 rings (SSSR count). The van der Waals surface area contributed by atoms with Crippen molar-refractivity contribution in [3.05, 3.63) is 0 Å². The molecule has 4 aliphatic rings. The van der Waals surface area contributed by atoms with Crippen LogP contribution in [0.1, 0.15) is 71.1 Å². The van der Waals surface area contributed by atoms with Crippen molar-refractivity contribution in [3.63, 3.8) is 0 Å². The molecular weight excluding hydrogens is 204 g/mol. The summed E-state index contributed by atoms with van der Waals surface area (Å²) in [7, 11) is 0. The molecule has 0 amide bonds. The van der Waals surface area contributed by atoms with E-state index in [0.29, 0.717) is 0 Å². The molecule has 0 aliphatic heterocycles. The van der Waals surface area contributed by atoms with E-state index < -0.39 is 0 Å². The second kappa shape index (κ2) is 3.75. The first-order chi connectivity index (χ1) is 8.25. The van der Waals surface area contributed by atoms with Crippen molar-refractivity contribution >= 4 is 0 Å². The number of fused-ring (bicyclic) bond motifs is 3. The van der Waals surface area contributed by atoms with E-state index in [-0.39, 0.29) is 0 Å². The molecule has 5 atom stereocenters. The lowest BCUT2D eigenvalue weighted by Crippen LogP contribution is -2.35. The maximum absolute atomic E-state index is 2.69. The summed E-state index contributed by atoms with van der Waals surface area (Å²) in [6, 6.07) is 0. The largest absolute Gasteiger partial charge is 0.0591 e. The van der Waals surface area contributed by atoms with Gasteiger partial charge in [-0.15, -0.1) is 0 Å². The Morgan fingerprint density at radius 3 is 2.35 bits per heavy atom. The Morgan fingerprint density at radius 2 is 1.59 bits per heavy atom. The van der Waals surface area contributed by atoms with Crippen molar-refractivity contribution in [2.75, 3.05) is 0 Å². The average molecular weight is 232 g/mol. The Hall–Kier alpha value is 0. The standard InChI is InChI=1S/C17H28/c1-17(8-7-14-3-2-4-16(14)17)15-10-12-5-6-13(9-12)11-15/h12-16H,2-11H2,1H3. The Morgan fingerprint density at radius 1 is 0.824 bits per heavy atom. The van der Waals surface area contributed by atoms with Crippen LogP contribution in [0.4, 0.5) is 0 Å². The van der Waals surface area contributed by atoms with Crippen molar-refractivity contribution in [2.24, 2.45) is 35.0 Å². The van der Waals surface area contributed by atoms with Gasteiger partial charge >= 0.3 is 0 Å². The summed E-state index contributed by atoms with van der Waals surface area (Å²) in [6.45, 7) is 2.69. The third kappa shape index (κ3) is 1.55. The van der Waals surface area contributed by atoms with Gasteiger partial charge in [0, 0.05) is 0 Å². The van der Waals surface area contributed by atoms with Crippen molar-refractivity contribution in [3.8, 4) is 0 Å². The molecule has 4 aliphatic carbocycles. The minimum absolute atomic E-state index is 0.766. The zero-order valence-electron chi connectivity index (χ0n) is 11.5. The molecule has 0 spiro atoms. The zero-order chi connectivity index (χ0) is 11.5. The highest BCUT2D eigenvalue weighted by Crippen LogP contribution is 2.62. The van der Waals surface area contributed by atoms with Gasteiger partial charge in [-0.05, 0) is 73.5 Å². The number of hydrogen-bond donors (Lipinski definition) is 0. The first kappa shape index (κ1) is 10.9. The molecule has 0 aromatic rings. The lowest BCUT2D eigenvalue weighted by Gasteiger charge is -2.43. The van der Waals surface area contributed by atoms with Crippen molar-refractivity contribution in [1.82, 2.24) is 0 Å². The molecular formula is C17H28. The molecule has 96 valence electrons. The van der Waals surface area contributed by atoms with Gasteiger partial charge in [-0.2, -0.15) is 0 Å². The van der Waals surface area contributed by atoms with E-state index in [9.17, 15) is 0 Å². The monoisotopic (exact) mass is 232 g/mol. The van der Waals surface area contributed by atoms with Gasteiger partial charge in [0.1, 0.15) is 0 Å². The maximum Gasteiger partial charge on any atom is -0.0266 e. The van der Waals surface area contributed by atoms with E-state index >= 15 is 0 Å². The van der Waals surface area contributed by atoms with Crippen LogP contribution in [0.25, 0.3) is 0 Å². The molecule has 0 heteroatoms. The molecule has 0 heterocycles. The minimum atomic E-state index is 0.766. The summed E-state index contributed by atoms with van der Waals surface area (Å²) in [4.78, 5) is 0. The van der Waals surface area contributed by atoms with E-state index in [1.54, 1.807) is 64.2 Å². The van der Waals surface area contributed by atoms with Crippen LogP contribution in [-0.4, -0.2) is 0 Å². The summed E-state index contributed by atoms with van der Waals surface area (Å²) >= 11 is 0. The topological polar surface area (TPSA) is 0 Å². The molecule has 0 N–H and O–H groups in total. The first-order valence-corrected chi connectivity index (χ1v) is 8.25. The molecule has 0 aromatic heterocycles. The van der Waals surface area contributed by atoms with Crippen LogP contribution in [0.3, 0.4) is 0 Å². The van der Waals surface area contributed by atoms with Crippen LogP contribution in [0, 0.1) is 35.0 Å². The molecule has 4 saturated carbocycles. The maximum atomic E-state index is 2.69. The van der Waals surface area contributed by atoms with E-state index in [1.165, 1.54) is 0 Å². The predicted molar refractivity (Wildman–Crippen MR) is 71.7 cm³/mol. The fourth-order valence-electron chi connectivity index (χ4n) is 6.49. The summed E-state index contributed by atoms with van der Waals surface area (Å²) in [5.74, 6) is 5.65. The van der Waals surface area contributed by atoms with Gasteiger partial charge in [-0.25, -0.2) is 0 Å². The quantitative estimate of drug-likeness (QED) is 0.595. The van der Waals surface area contributed by atoms with Gasteiger partial charge in [-0.1, -0.05) is 32.6 Å². The molecule has 5 unspecified atom stereocenters. The SMILES string of the molecule is CC1(C2CC3CCC(C3)C2)CCC2CCCC21. The third-order valence-electron chi connectivity index (χ3n) is 7.38. The molecule has 0 nitrogen and oxygen atoms in total. The van der Waals surface area contributed by atoms with Crippen LogP contribution in [0.15, 0.2) is 0 Å². The van der Waals surface area contributed by atoms with E-state index in [1.807, 2.05) is 0 Å². The lowest BCUT2D eigenvalue weighted by atomic mass is 9.61. The second-order valence-electron chi connectivity index (χ2n) is 8.06. The summed E-state index contributed by atoms with van der Waals surface area (Å²) in [5, 5.41) is 0. The summed E-state index contributed by atoms with van der Waals surface area (Å²) in [6.07, 6.45) is 15.8. The highest BCUT2D eigenvalue weighted by atomic mass is 14.6. The van der Waals surface area contributed by atoms with Gasteiger partial charge in [0.25, 0.3) is 0 Å². The fraction of sp³-hybridized carbons (Fsp3) is 1.00. The van der Waals surface area contributed by atoms with Crippen molar-refractivity contribution in [2.45, 2.75) is 71.1 Å². The van der Waals surface area contributed by atoms with Crippen LogP contribution in [0.2, 0.25) is 0 Å². The minimum Gasteiger partial charge on any atom is -0.0591 e. The van der Waals surface area contributed by atoms with Gasteiger partial charge in [-0.3, -0.25) is 0 Å². The zero-order valence-corrected chi connectivity index (χ0v) is 11.5. The molecule has 0 saturated heterocycles. The molecule has 0 radical (unpaired) electrons. The summed E-state index contributed by atoms with van der Waals surface area (Å²) < 4.78 is 0. The normalized spacial score (nSPS) is 57.4. The predicted octanol–water partition coefficient (Wildman–Crippen LogP) is 5.03. The Labute approximate surface area is 107 Å². The summed E-state index contributed by atoms with van der Waals surface area (Å²) in [5.41, 5.74) is 0.766. The van der Waals surface area contributed by atoms with E-state index in [2.05, 4.69) is 6.92 Å². The second-order valence-corrected chi connectivity index (χ2v) is 8.06. The fourth-order valence-corrected chi connectivity index (χ4v) is 6.49. The lowest BCUT2D eigenvalue weighted by molar-refractivity contribution is 0.0587. The molecule has 2 bridgehead atoms. The van der Waals surface area contributed by atoms with Crippen LogP contribution >= 0.6 is 0 Å². The van der Waals surface area contributed by atoms with Crippen LogP contribution in [-0.2, 0) is 0 Å². The smallest absolute Gasteiger partial charge is 0.0266 e. The first-order valence-electron chi connectivity index (χ1n) is 8.25. The van der Waals surface area contributed by atoms with Crippen molar-refractivity contribution < 1.29 is 0 Å². The third-order valence-corrected chi connectivity index (χ3v) is 7.38. The van der Waals surface area contributed by atoms with Gasteiger partial charge < -0.3 is 0 Å². The Bertz CT molecular complexity index is 295. The average Bonchev–Trinajstić information content (AvgIpc) is 2.99. The Balaban J connectivity index is 1.57. The Kier molecular flexibility index (Phi) is 2.40. The highest BCUT2D eigenvalue weighted by Gasteiger charge is 2.52. The van der Waals surface area contributed by atoms with E-state index in [4.69, 9.17) is 0 Å². The highest BCUT2D eigenvalue weighted by molar-refractivity contribution is 5.02. The molecule has 0 aromatic carbocycles. The van der Waals surface area contributed by atoms with Crippen LogP contribution in [0.5, 0.6) is 0 Å². The van der Waals surface area contributed by atoms with Gasteiger partial charge in [0.2, 0.25) is 0 Å². The van der Waals surface area contributed by atoms with Gasteiger partial charge in [0.15, 0.2) is 0 Å². The van der Waals surface area contributed by atoms with Gasteiger partial charge in [0.05, 0.1) is 0 Å². The van der Waals surface area contributed by atoms with Crippen molar-refractivity contribution in [1.29, 1.82) is 0 Å². The van der Waals surface area contributed by atoms with E-state index in [0.717, 1.165) is 35.0 Å².